The van der Waals surface area contributed by atoms with E-state index in [1.807, 2.05) is 41.9 Å². The van der Waals surface area contributed by atoms with Gasteiger partial charge >= 0.3 is 0 Å². The van der Waals surface area contributed by atoms with Crippen molar-refractivity contribution in [2.24, 2.45) is 12.5 Å². The molecule has 8 nitrogen and oxygen atoms in total. The van der Waals surface area contributed by atoms with Crippen LogP contribution in [0.15, 0.2) is 18.3 Å². The number of piperidine rings is 2. The van der Waals surface area contributed by atoms with E-state index in [9.17, 15) is 9.59 Å². The van der Waals surface area contributed by atoms with Crippen LogP contribution in [0.2, 0.25) is 0 Å². The summed E-state index contributed by atoms with van der Waals surface area (Å²) >= 11 is 0. The molecule has 0 saturated carbocycles. The minimum absolute atomic E-state index is 0.00375. The third-order valence-corrected chi connectivity index (χ3v) is 6.10. The van der Waals surface area contributed by atoms with Gasteiger partial charge in [0.05, 0.1) is 31.3 Å². The van der Waals surface area contributed by atoms with Crippen LogP contribution in [-0.2, 0) is 16.6 Å². The van der Waals surface area contributed by atoms with Crippen LogP contribution in [0.4, 0.5) is 0 Å². The number of aliphatic hydroxyl groups excluding tert-OH is 1. The Balaban J connectivity index is 1.77. The molecule has 2 aliphatic rings. The Morgan fingerprint density at radius 1 is 1.29 bits per heavy atom. The van der Waals surface area contributed by atoms with Gasteiger partial charge in [-0.15, -0.1) is 0 Å². The number of amides is 2. The molecule has 2 amide bonds. The second kappa shape index (κ2) is 9.07. The summed E-state index contributed by atoms with van der Waals surface area (Å²) in [6, 6.07) is 3.57. The number of carbonyl (C=O) groups excluding carboxylic acids is 2. The van der Waals surface area contributed by atoms with E-state index in [1.54, 1.807) is 0 Å². The number of hydrogen-bond acceptors (Lipinski definition) is 5. The van der Waals surface area contributed by atoms with Crippen molar-refractivity contribution in [3.8, 4) is 0 Å². The zero-order valence-electron chi connectivity index (χ0n) is 16.9. The largest absolute Gasteiger partial charge is 0.394 e. The molecule has 28 heavy (non-hydrogen) atoms. The molecule has 0 aliphatic carbocycles. The first kappa shape index (κ1) is 20.8. The first-order chi connectivity index (χ1) is 13.5. The highest BCUT2D eigenvalue weighted by molar-refractivity contribution is 5.94. The molecule has 8 heteroatoms. The average molecular weight is 393 g/mol. The van der Waals surface area contributed by atoms with Gasteiger partial charge in [-0.2, -0.15) is 0 Å². The molecule has 0 unspecified atom stereocenters. The predicted molar refractivity (Wildman–Crippen MR) is 105 cm³/mol. The molecule has 3 rings (SSSR count). The number of likely N-dealkylation sites (N-methyl/N-ethyl adjacent to an activating group) is 1. The van der Waals surface area contributed by atoms with Crippen molar-refractivity contribution in [2.45, 2.75) is 25.3 Å². The zero-order chi connectivity index (χ0) is 20.1. The molecular weight excluding hydrogens is 360 g/mol. The molecule has 156 valence electrons. The van der Waals surface area contributed by atoms with Gasteiger partial charge in [0, 0.05) is 32.9 Å². The van der Waals surface area contributed by atoms with Gasteiger partial charge in [0.2, 0.25) is 5.91 Å². The fourth-order valence-corrected chi connectivity index (χ4v) is 4.56. The lowest BCUT2D eigenvalue weighted by Gasteiger charge is -2.53. The molecule has 1 aromatic heterocycles. The van der Waals surface area contributed by atoms with E-state index in [4.69, 9.17) is 9.84 Å². The van der Waals surface area contributed by atoms with Gasteiger partial charge < -0.3 is 29.5 Å². The molecule has 2 atom stereocenters. The smallest absolute Gasteiger partial charge is 0.270 e. The number of ether oxygens (including phenoxy) is 1. The molecule has 2 aliphatic heterocycles. The summed E-state index contributed by atoms with van der Waals surface area (Å²) in [6.45, 7) is 3.25. The molecule has 0 aromatic carbocycles. The van der Waals surface area contributed by atoms with Crippen LogP contribution in [0.1, 0.15) is 29.8 Å². The molecule has 0 bridgehead atoms. The van der Waals surface area contributed by atoms with E-state index in [2.05, 4.69) is 10.2 Å². The van der Waals surface area contributed by atoms with Crippen molar-refractivity contribution >= 4 is 11.8 Å². The number of aromatic nitrogens is 1. The Labute approximate surface area is 166 Å². The predicted octanol–water partition coefficient (Wildman–Crippen LogP) is 0.0767. The average Bonchev–Trinajstić information content (AvgIpc) is 3.12. The lowest BCUT2D eigenvalue weighted by molar-refractivity contribution is -0.142. The van der Waals surface area contributed by atoms with E-state index < -0.39 is 5.41 Å². The molecule has 2 fully saturated rings. The summed E-state index contributed by atoms with van der Waals surface area (Å²) in [5.74, 6) is 0.0125. The molecule has 2 N–H and O–H groups in total. The number of carbonyl (C=O) groups is 2. The van der Waals surface area contributed by atoms with Gasteiger partial charge in [0.15, 0.2) is 0 Å². The lowest BCUT2D eigenvalue weighted by atomic mass is 9.67. The fourth-order valence-electron chi connectivity index (χ4n) is 4.56. The van der Waals surface area contributed by atoms with Crippen molar-refractivity contribution in [3.05, 3.63) is 24.0 Å². The Kier molecular flexibility index (Phi) is 6.74. The summed E-state index contributed by atoms with van der Waals surface area (Å²) in [4.78, 5) is 30.6. The molecule has 0 spiro atoms. The number of nitrogens with zero attached hydrogens (tertiary/aromatic N) is 3. The van der Waals surface area contributed by atoms with E-state index >= 15 is 0 Å². The molecule has 0 radical (unpaired) electrons. The van der Waals surface area contributed by atoms with E-state index in [0.29, 0.717) is 31.9 Å². The normalized spacial score (nSPS) is 25.4. The van der Waals surface area contributed by atoms with Crippen molar-refractivity contribution in [3.63, 3.8) is 0 Å². The summed E-state index contributed by atoms with van der Waals surface area (Å²) < 4.78 is 7.09. The second-order valence-corrected chi connectivity index (χ2v) is 7.88. The molecule has 1 aromatic rings. The topological polar surface area (TPSA) is 87.0 Å². The van der Waals surface area contributed by atoms with Gasteiger partial charge in [-0.25, -0.2) is 0 Å². The number of nitrogens with one attached hydrogen (secondary N) is 1. The van der Waals surface area contributed by atoms with Crippen LogP contribution in [0.5, 0.6) is 0 Å². The number of aliphatic hydroxyl groups is 1. The van der Waals surface area contributed by atoms with Gasteiger partial charge in [-0.3, -0.25) is 9.59 Å². The van der Waals surface area contributed by atoms with Crippen LogP contribution < -0.4 is 5.32 Å². The van der Waals surface area contributed by atoms with Crippen molar-refractivity contribution < 1.29 is 19.4 Å². The van der Waals surface area contributed by atoms with Crippen molar-refractivity contribution in [2.75, 3.05) is 53.0 Å². The highest BCUT2D eigenvalue weighted by Crippen LogP contribution is 2.43. The highest BCUT2D eigenvalue weighted by Gasteiger charge is 2.53. The van der Waals surface area contributed by atoms with Gasteiger partial charge in [-0.05, 0) is 45.0 Å². The van der Waals surface area contributed by atoms with E-state index in [1.165, 1.54) is 0 Å². The van der Waals surface area contributed by atoms with Crippen LogP contribution in [0.3, 0.4) is 0 Å². The maximum absolute atomic E-state index is 13.3. The fraction of sp³-hybridized carbons (Fsp3) is 0.700. The Bertz CT molecular complexity index is 692. The molecule has 2 saturated heterocycles. The first-order valence-corrected chi connectivity index (χ1v) is 10.1. The molecular formula is C20H32N4O4. The van der Waals surface area contributed by atoms with E-state index in [-0.39, 0.29) is 31.1 Å². The minimum atomic E-state index is -0.553. The Morgan fingerprint density at radius 3 is 2.82 bits per heavy atom. The number of aryl methyl sites for hydroxylation is 1. The quantitative estimate of drug-likeness (QED) is 0.642. The SMILES string of the molecule is CN1CC[C@]2(C(=O)NCCOCCO)CCCN(C(=O)c3cccn3C)[C@@H]2C1. The standard InChI is InChI=1S/C20H32N4O4/c1-22-11-7-20(19(27)21-8-13-28-14-12-25)6-4-10-24(17(20)15-22)18(26)16-5-3-9-23(16)2/h3,5,9,17,25H,4,6-8,10-15H2,1-2H3,(H,21,27)/t17-,20-/m1/s1. The van der Waals surface area contributed by atoms with Crippen LogP contribution in [-0.4, -0.2) is 90.4 Å². The van der Waals surface area contributed by atoms with E-state index in [0.717, 1.165) is 25.8 Å². The van der Waals surface area contributed by atoms with Gasteiger partial charge in [-0.1, -0.05) is 0 Å². The number of hydrogen-bond donors (Lipinski definition) is 2. The maximum atomic E-state index is 13.3. The number of rotatable bonds is 7. The third-order valence-electron chi connectivity index (χ3n) is 6.10. The third kappa shape index (κ3) is 4.09. The summed E-state index contributed by atoms with van der Waals surface area (Å²) in [5, 5.41) is 11.8. The number of fused-ring (bicyclic) bond motifs is 1. The van der Waals surface area contributed by atoms with Crippen LogP contribution in [0.25, 0.3) is 0 Å². The minimum Gasteiger partial charge on any atom is -0.394 e. The Morgan fingerprint density at radius 2 is 2.11 bits per heavy atom. The monoisotopic (exact) mass is 392 g/mol. The maximum Gasteiger partial charge on any atom is 0.270 e. The summed E-state index contributed by atoms with van der Waals surface area (Å²) in [6.07, 6.45) is 4.24. The van der Waals surface area contributed by atoms with Crippen molar-refractivity contribution in [1.29, 1.82) is 0 Å². The summed E-state index contributed by atoms with van der Waals surface area (Å²) in [7, 11) is 3.92. The molecule has 3 heterocycles. The lowest BCUT2D eigenvalue weighted by Crippen LogP contribution is -2.66. The number of likely N-dealkylation sites (tertiary alicyclic amines) is 2. The zero-order valence-corrected chi connectivity index (χ0v) is 16.9. The van der Waals surface area contributed by atoms with Crippen LogP contribution in [0, 0.1) is 5.41 Å². The highest BCUT2D eigenvalue weighted by atomic mass is 16.5. The summed E-state index contributed by atoms with van der Waals surface area (Å²) in [5.41, 5.74) is 0.101. The van der Waals surface area contributed by atoms with Gasteiger partial charge in [0.25, 0.3) is 5.91 Å². The first-order valence-electron chi connectivity index (χ1n) is 10.1. The Hall–Kier alpha value is -1.90. The van der Waals surface area contributed by atoms with Crippen molar-refractivity contribution in [1.82, 2.24) is 19.7 Å². The second-order valence-electron chi connectivity index (χ2n) is 7.88. The van der Waals surface area contributed by atoms with Gasteiger partial charge in [0.1, 0.15) is 5.69 Å². The van der Waals surface area contributed by atoms with Crippen LogP contribution >= 0.6 is 0 Å².